The predicted molar refractivity (Wildman–Crippen MR) is 67.9 cm³/mol. The van der Waals surface area contributed by atoms with E-state index < -0.39 is 0 Å². The number of rotatable bonds is 4. The zero-order chi connectivity index (χ0) is 13.0. The number of hydrogen-bond acceptors (Lipinski definition) is 4. The summed E-state index contributed by atoms with van der Waals surface area (Å²) in [4.78, 5) is 11.3. The van der Waals surface area contributed by atoms with Gasteiger partial charge >= 0.3 is 5.97 Å². The van der Waals surface area contributed by atoms with Crippen molar-refractivity contribution in [2.75, 3.05) is 13.4 Å². The van der Waals surface area contributed by atoms with Crippen LogP contribution in [-0.4, -0.2) is 19.4 Å². The Morgan fingerprint density at radius 2 is 2.33 bits per heavy atom. The van der Waals surface area contributed by atoms with E-state index in [9.17, 15) is 4.79 Å². The molecule has 0 unspecified atom stereocenters. The molecule has 0 N–H and O–H groups in total. The van der Waals surface area contributed by atoms with E-state index in [1.54, 1.807) is 18.2 Å². The smallest absolute Gasteiger partial charge is 0.330 e. The second-order valence-corrected chi connectivity index (χ2v) is 4.14. The Hall–Kier alpha value is -1.68. The summed E-state index contributed by atoms with van der Waals surface area (Å²) in [6.45, 7) is 2.53. The van der Waals surface area contributed by atoms with Crippen LogP contribution >= 0.6 is 11.6 Å². The van der Waals surface area contributed by atoms with Gasteiger partial charge in [0.25, 0.3) is 0 Å². The lowest BCUT2D eigenvalue weighted by Gasteiger charge is -2.01. The van der Waals surface area contributed by atoms with Crippen LogP contribution in [0.4, 0.5) is 0 Å². The molecule has 0 radical (unpaired) electrons. The molecule has 1 heterocycles. The summed E-state index contributed by atoms with van der Waals surface area (Å²) in [5.41, 5.74) is 0.762. The van der Waals surface area contributed by atoms with Gasteiger partial charge in [-0.15, -0.1) is 0 Å². The molecule has 1 aliphatic heterocycles. The fourth-order valence-electron chi connectivity index (χ4n) is 1.50. The molecular formula is C13H13ClO4. The average Bonchev–Trinajstić information content (AvgIpc) is 2.82. The molecule has 4 nitrogen and oxygen atoms in total. The average molecular weight is 269 g/mol. The molecule has 0 saturated heterocycles. The Bertz CT molecular complexity index is 482. The highest BCUT2D eigenvalue weighted by molar-refractivity contribution is 6.32. The van der Waals surface area contributed by atoms with Crippen molar-refractivity contribution in [2.45, 2.75) is 13.3 Å². The Labute approximate surface area is 110 Å². The summed E-state index contributed by atoms with van der Waals surface area (Å²) >= 11 is 6.02. The number of fused-ring (bicyclic) bond motifs is 1. The quantitative estimate of drug-likeness (QED) is 0.622. The predicted octanol–water partition coefficient (Wildman–Crippen LogP) is 3.04. The van der Waals surface area contributed by atoms with E-state index in [1.807, 2.05) is 6.92 Å². The van der Waals surface area contributed by atoms with Gasteiger partial charge < -0.3 is 14.2 Å². The van der Waals surface area contributed by atoms with Gasteiger partial charge in [0.05, 0.1) is 11.6 Å². The van der Waals surface area contributed by atoms with Crippen LogP contribution in [-0.2, 0) is 9.53 Å². The third-order valence-corrected chi connectivity index (χ3v) is 2.59. The molecule has 0 bridgehead atoms. The summed E-state index contributed by atoms with van der Waals surface area (Å²) in [5.74, 6) is 0.761. The SMILES string of the molecule is CCCOC(=O)C=Cc1cc(Cl)c2c(c1)OCO2. The van der Waals surface area contributed by atoms with Gasteiger partial charge in [-0.3, -0.25) is 0 Å². The molecule has 0 amide bonds. The number of halogens is 1. The lowest BCUT2D eigenvalue weighted by atomic mass is 10.2. The number of carbonyl (C=O) groups excluding carboxylic acids is 1. The van der Waals surface area contributed by atoms with Crippen LogP contribution < -0.4 is 9.47 Å². The highest BCUT2D eigenvalue weighted by Gasteiger charge is 2.17. The Morgan fingerprint density at radius 3 is 3.11 bits per heavy atom. The van der Waals surface area contributed by atoms with Gasteiger partial charge in [-0.25, -0.2) is 4.79 Å². The standard InChI is InChI=1S/C13H13ClO4/c1-2-5-16-12(15)4-3-9-6-10(14)13-11(7-9)17-8-18-13/h3-4,6-7H,2,5,8H2,1H3. The van der Waals surface area contributed by atoms with Gasteiger partial charge in [0.15, 0.2) is 11.5 Å². The lowest BCUT2D eigenvalue weighted by molar-refractivity contribution is -0.137. The molecule has 96 valence electrons. The second-order valence-electron chi connectivity index (χ2n) is 3.74. The maximum atomic E-state index is 11.3. The highest BCUT2D eigenvalue weighted by atomic mass is 35.5. The van der Waals surface area contributed by atoms with Crippen molar-refractivity contribution in [3.05, 3.63) is 28.8 Å². The summed E-state index contributed by atoms with van der Waals surface area (Å²) in [6.07, 6.45) is 3.80. The minimum atomic E-state index is -0.370. The summed E-state index contributed by atoms with van der Waals surface area (Å²) in [7, 11) is 0. The Balaban J connectivity index is 2.08. The molecule has 0 saturated carbocycles. The minimum Gasteiger partial charge on any atom is -0.463 e. The van der Waals surface area contributed by atoms with Crippen LogP contribution in [0.2, 0.25) is 5.02 Å². The van der Waals surface area contributed by atoms with Crippen LogP contribution in [0.25, 0.3) is 6.08 Å². The van der Waals surface area contributed by atoms with Crippen LogP contribution in [0.15, 0.2) is 18.2 Å². The van der Waals surface area contributed by atoms with Gasteiger partial charge in [-0.2, -0.15) is 0 Å². The molecule has 1 aliphatic rings. The van der Waals surface area contributed by atoms with Crippen molar-refractivity contribution in [2.24, 2.45) is 0 Å². The van der Waals surface area contributed by atoms with Gasteiger partial charge in [0, 0.05) is 6.08 Å². The van der Waals surface area contributed by atoms with Gasteiger partial charge in [-0.05, 0) is 30.2 Å². The van der Waals surface area contributed by atoms with E-state index in [-0.39, 0.29) is 12.8 Å². The monoisotopic (exact) mass is 268 g/mol. The molecule has 5 heteroatoms. The fraction of sp³-hybridized carbons (Fsp3) is 0.308. The summed E-state index contributed by atoms with van der Waals surface area (Å²) in [6, 6.07) is 3.47. The maximum absolute atomic E-state index is 11.3. The topological polar surface area (TPSA) is 44.8 Å². The van der Waals surface area contributed by atoms with E-state index >= 15 is 0 Å². The Kier molecular flexibility index (Phi) is 4.10. The summed E-state index contributed by atoms with van der Waals surface area (Å²) in [5, 5.41) is 0.464. The molecule has 1 aromatic rings. The van der Waals surface area contributed by atoms with E-state index in [4.69, 9.17) is 25.8 Å². The molecular weight excluding hydrogens is 256 g/mol. The first-order valence-corrected chi connectivity index (χ1v) is 6.02. The number of benzene rings is 1. The first kappa shape index (κ1) is 12.8. The molecule has 18 heavy (non-hydrogen) atoms. The van der Waals surface area contributed by atoms with Crippen molar-refractivity contribution in [1.82, 2.24) is 0 Å². The lowest BCUT2D eigenvalue weighted by Crippen LogP contribution is -2.00. The fourth-order valence-corrected chi connectivity index (χ4v) is 1.77. The van der Waals surface area contributed by atoms with Gasteiger partial charge in [0.1, 0.15) is 0 Å². The van der Waals surface area contributed by atoms with Crippen molar-refractivity contribution in [3.63, 3.8) is 0 Å². The second kappa shape index (κ2) is 5.78. The minimum absolute atomic E-state index is 0.167. The van der Waals surface area contributed by atoms with Crippen molar-refractivity contribution in [1.29, 1.82) is 0 Å². The molecule has 0 fully saturated rings. The maximum Gasteiger partial charge on any atom is 0.330 e. The number of esters is 1. The molecule has 1 aromatic carbocycles. The van der Waals surface area contributed by atoms with E-state index in [1.165, 1.54) is 6.08 Å². The van der Waals surface area contributed by atoms with Gasteiger partial charge in [0.2, 0.25) is 6.79 Å². The zero-order valence-electron chi connectivity index (χ0n) is 9.94. The highest BCUT2D eigenvalue weighted by Crippen LogP contribution is 2.39. The number of carbonyl (C=O) groups is 1. The Morgan fingerprint density at radius 1 is 1.50 bits per heavy atom. The molecule has 0 spiro atoms. The third-order valence-electron chi connectivity index (χ3n) is 2.31. The van der Waals surface area contributed by atoms with Crippen LogP contribution in [0.1, 0.15) is 18.9 Å². The normalized spacial score (nSPS) is 13.0. The molecule has 0 atom stereocenters. The van der Waals surface area contributed by atoms with Crippen molar-refractivity contribution in [3.8, 4) is 11.5 Å². The summed E-state index contributed by atoms with van der Waals surface area (Å²) < 4.78 is 15.3. The largest absolute Gasteiger partial charge is 0.463 e. The molecule has 2 rings (SSSR count). The van der Waals surface area contributed by atoms with Crippen LogP contribution in [0.5, 0.6) is 11.5 Å². The van der Waals surface area contributed by atoms with E-state index in [2.05, 4.69) is 0 Å². The first-order valence-electron chi connectivity index (χ1n) is 5.64. The van der Waals surface area contributed by atoms with Crippen molar-refractivity contribution >= 4 is 23.6 Å². The van der Waals surface area contributed by atoms with Gasteiger partial charge in [-0.1, -0.05) is 18.5 Å². The van der Waals surface area contributed by atoms with Crippen LogP contribution in [0.3, 0.4) is 0 Å². The number of hydrogen-bond donors (Lipinski definition) is 0. The zero-order valence-corrected chi connectivity index (χ0v) is 10.7. The van der Waals surface area contributed by atoms with Crippen LogP contribution in [0, 0.1) is 0 Å². The first-order chi connectivity index (χ1) is 8.70. The third kappa shape index (κ3) is 2.96. The van der Waals surface area contributed by atoms with E-state index in [0.717, 1.165) is 12.0 Å². The number of ether oxygens (including phenoxy) is 3. The van der Waals surface area contributed by atoms with Crippen molar-refractivity contribution < 1.29 is 19.0 Å². The molecule has 0 aliphatic carbocycles. The van der Waals surface area contributed by atoms with E-state index in [0.29, 0.717) is 23.1 Å². The molecule has 0 aromatic heterocycles.